The first-order valence-electron chi connectivity index (χ1n) is 6.60. The number of thiophene rings is 1. The van der Waals surface area contributed by atoms with E-state index in [4.69, 9.17) is 0 Å². The molecule has 3 N–H and O–H groups in total. The first-order valence-corrected chi connectivity index (χ1v) is 7.48. The molecule has 2 rings (SSSR count). The van der Waals surface area contributed by atoms with Crippen LogP contribution in [0.2, 0.25) is 0 Å². The highest BCUT2D eigenvalue weighted by Gasteiger charge is 2.21. The monoisotopic (exact) mass is 281 g/mol. The summed E-state index contributed by atoms with van der Waals surface area (Å²) in [7, 11) is 0. The van der Waals surface area contributed by atoms with Crippen LogP contribution in [0.25, 0.3) is 0 Å². The Kier molecular flexibility index (Phi) is 5.20. The molecular formula is C13H19N3O2S. The van der Waals surface area contributed by atoms with Gasteiger partial charge in [0.1, 0.15) is 6.04 Å². The van der Waals surface area contributed by atoms with E-state index < -0.39 is 6.04 Å². The van der Waals surface area contributed by atoms with Gasteiger partial charge in [0.2, 0.25) is 5.91 Å². The Balaban J connectivity index is 1.69. The average molecular weight is 281 g/mol. The second-order valence-corrected chi connectivity index (χ2v) is 5.60. The van der Waals surface area contributed by atoms with Crippen LogP contribution in [0.5, 0.6) is 0 Å². The summed E-state index contributed by atoms with van der Waals surface area (Å²) in [6, 6.07) is 3.38. The van der Waals surface area contributed by atoms with Crippen LogP contribution >= 0.6 is 11.3 Å². The minimum absolute atomic E-state index is 0.0779. The fraction of sp³-hybridized carbons (Fsp3) is 0.538. The molecule has 0 saturated carbocycles. The number of urea groups is 1. The third kappa shape index (κ3) is 4.55. The Morgan fingerprint density at radius 2 is 2.37 bits per heavy atom. The molecule has 0 aliphatic carbocycles. The van der Waals surface area contributed by atoms with E-state index in [-0.39, 0.29) is 11.9 Å². The maximum Gasteiger partial charge on any atom is 0.315 e. The molecule has 1 unspecified atom stereocenters. The Morgan fingerprint density at radius 3 is 3.16 bits per heavy atom. The summed E-state index contributed by atoms with van der Waals surface area (Å²) in [5.41, 5.74) is 0. The van der Waals surface area contributed by atoms with Crippen LogP contribution in [0.3, 0.4) is 0 Å². The molecule has 1 aromatic rings. The average Bonchev–Trinajstić information content (AvgIpc) is 2.82. The molecule has 1 aliphatic heterocycles. The highest BCUT2D eigenvalue weighted by molar-refractivity contribution is 7.09. The summed E-state index contributed by atoms with van der Waals surface area (Å²) in [6.07, 6.45) is 3.47. The van der Waals surface area contributed by atoms with Crippen molar-refractivity contribution in [2.24, 2.45) is 0 Å². The predicted octanol–water partition coefficient (Wildman–Crippen LogP) is 1.26. The van der Waals surface area contributed by atoms with Crippen molar-refractivity contribution in [1.29, 1.82) is 0 Å². The molecule has 0 bridgehead atoms. The molecule has 1 aromatic heterocycles. The van der Waals surface area contributed by atoms with Crippen molar-refractivity contribution < 1.29 is 9.59 Å². The van der Waals surface area contributed by atoms with E-state index >= 15 is 0 Å². The third-order valence-corrected chi connectivity index (χ3v) is 4.01. The summed E-state index contributed by atoms with van der Waals surface area (Å²) < 4.78 is 0. The summed E-state index contributed by atoms with van der Waals surface area (Å²) in [5.74, 6) is -0.0779. The van der Waals surface area contributed by atoms with Crippen LogP contribution < -0.4 is 16.0 Å². The van der Waals surface area contributed by atoms with E-state index in [0.29, 0.717) is 19.5 Å². The van der Waals surface area contributed by atoms with Crippen LogP contribution in [-0.4, -0.2) is 31.1 Å². The van der Waals surface area contributed by atoms with Gasteiger partial charge in [-0.05, 0) is 37.1 Å². The maximum absolute atomic E-state index is 11.7. The molecule has 0 aromatic carbocycles. The molecule has 5 nitrogen and oxygen atoms in total. The van der Waals surface area contributed by atoms with Gasteiger partial charge >= 0.3 is 6.03 Å². The molecule has 2 heterocycles. The topological polar surface area (TPSA) is 70.2 Å². The van der Waals surface area contributed by atoms with Crippen LogP contribution in [0.4, 0.5) is 4.79 Å². The molecule has 1 saturated heterocycles. The highest BCUT2D eigenvalue weighted by Crippen LogP contribution is 2.08. The Bertz CT molecular complexity index is 420. The molecular weight excluding hydrogens is 262 g/mol. The summed E-state index contributed by atoms with van der Waals surface area (Å²) >= 11 is 1.68. The standard InChI is InChI=1S/C13H19N3O2S/c17-12-11(5-1-2-7-14-12)16-13(18)15-8-6-10-4-3-9-19-10/h3-4,9,11H,1-2,5-8H2,(H,14,17)(H2,15,16,18). The molecule has 0 radical (unpaired) electrons. The zero-order valence-electron chi connectivity index (χ0n) is 10.8. The molecule has 104 valence electrons. The van der Waals surface area contributed by atoms with Gasteiger partial charge in [-0.15, -0.1) is 11.3 Å². The smallest absolute Gasteiger partial charge is 0.315 e. The SMILES string of the molecule is O=C(NCCc1cccs1)NC1CCCCNC1=O. The van der Waals surface area contributed by atoms with Crippen LogP contribution in [0, 0.1) is 0 Å². The lowest BCUT2D eigenvalue weighted by molar-refractivity contribution is -0.122. The Hall–Kier alpha value is -1.56. The number of amides is 3. The van der Waals surface area contributed by atoms with E-state index in [2.05, 4.69) is 16.0 Å². The van der Waals surface area contributed by atoms with Gasteiger partial charge in [-0.1, -0.05) is 6.07 Å². The van der Waals surface area contributed by atoms with Crippen LogP contribution in [-0.2, 0) is 11.2 Å². The van der Waals surface area contributed by atoms with Crippen LogP contribution in [0.1, 0.15) is 24.1 Å². The first kappa shape index (κ1) is 13.9. The van der Waals surface area contributed by atoms with Crippen molar-refractivity contribution in [1.82, 2.24) is 16.0 Å². The number of hydrogen-bond acceptors (Lipinski definition) is 3. The number of carbonyl (C=O) groups excluding carboxylic acids is 2. The van der Waals surface area contributed by atoms with E-state index in [1.165, 1.54) is 4.88 Å². The maximum atomic E-state index is 11.7. The minimum atomic E-state index is -0.399. The third-order valence-electron chi connectivity index (χ3n) is 3.08. The molecule has 19 heavy (non-hydrogen) atoms. The van der Waals surface area contributed by atoms with Crippen molar-refractivity contribution in [3.8, 4) is 0 Å². The lowest BCUT2D eigenvalue weighted by Crippen LogP contribution is -2.49. The quantitative estimate of drug-likeness (QED) is 0.777. The van der Waals surface area contributed by atoms with Crippen molar-refractivity contribution >= 4 is 23.3 Å². The molecule has 0 spiro atoms. The second kappa shape index (κ2) is 7.13. The predicted molar refractivity (Wildman–Crippen MR) is 75.2 cm³/mol. The molecule has 6 heteroatoms. The number of carbonyl (C=O) groups is 2. The van der Waals surface area contributed by atoms with Gasteiger partial charge in [0.15, 0.2) is 0 Å². The highest BCUT2D eigenvalue weighted by atomic mass is 32.1. The van der Waals surface area contributed by atoms with Crippen molar-refractivity contribution in [3.63, 3.8) is 0 Å². The summed E-state index contributed by atoms with van der Waals surface area (Å²) in [6.45, 7) is 1.29. The van der Waals surface area contributed by atoms with Gasteiger partial charge in [-0.3, -0.25) is 4.79 Å². The molecule has 1 aliphatic rings. The zero-order chi connectivity index (χ0) is 13.5. The zero-order valence-corrected chi connectivity index (χ0v) is 11.6. The fourth-order valence-corrected chi connectivity index (χ4v) is 2.75. The van der Waals surface area contributed by atoms with Gasteiger partial charge in [-0.25, -0.2) is 4.79 Å². The van der Waals surface area contributed by atoms with E-state index in [0.717, 1.165) is 19.3 Å². The Labute approximate surface area is 116 Å². The second-order valence-electron chi connectivity index (χ2n) is 4.57. The minimum Gasteiger partial charge on any atom is -0.354 e. The van der Waals surface area contributed by atoms with Crippen molar-refractivity contribution in [2.45, 2.75) is 31.7 Å². The van der Waals surface area contributed by atoms with E-state index in [1.807, 2.05) is 17.5 Å². The molecule has 3 amide bonds. The molecule has 1 fully saturated rings. The summed E-state index contributed by atoms with van der Waals surface area (Å²) in [5, 5.41) is 10.3. The first-order chi connectivity index (χ1) is 9.25. The van der Waals surface area contributed by atoms with Crippen LogP contribution in [0.15, 0.2) is 17.5 Å². The lowest BCUT2D eigenvalue weighted by atomic mass is 10.1. The normalized spacial score (nSPS) is 19.4. The number of nitrogens with one attached hydrogen (secondary N) is 3. The number of rotatable bonds is 4. The van der Waals surface area contributed by atoms with Gasteiger partial charge in [-0.2, -0.15) is 0 Å². The Morgan fingerprint density at radius 1 is 1.47 bits per heavy atom. The van der Waals surface area contributed by atoms with Crippen molar-refractivity contribution in [2.75, 3.05) is 13.1 Å². The largest absolute Gasteiger partial charge is 0.354 e. The van der Waals surface area contributed by atoms with Gasteiger partial charge < -0.3 is 16.0 Å². The van der Waals surface area contributed by atoms with E-state index in [9.17, 15) is 9.59 Å². The van der Waals surface area contributed by atoms with Crippen molar-refractivity contribution in [3.05, 3.63) is 22.4 Å². The van der Waals surface area contributed by atoms with Gasteiger partial charge in [0.05, 0.1) is 0 Å². The summed E-state index contributed by atoms with van der Waals surface area (Å²) in [4.78, 5) is 24.6. The lowest BCUT2D eigenvalue weighted by Gasteiger charge is -2.15. The number of hydrogen-bond donors (Lipinski definition) is 3. The van der Waals surface area contributed by atoms with E-state index in [1.54, 1.807) is 11.3 Å². The molecule has 1 atom stereocenters. The van der Waals surface area contributed by atoms with Gasteiger partial charge in [0, 0.05) is 18.0 Å². The fourth-order valence-electron chi connectivity index (χ4n) is 2.04. The van der Waals surface area contributed by atoms with Gasteiger partial charge in [0.25, 0.3) is 0 Å².